The van der Waals surface area contributed by atoms with Crippen molar-refractivity contribution in [2.75, 3.05) is 0 Å². The molecule has 4 heteroatoms. The van der Waals surface area contributed by atoms with Crippen LogP contribution < -0.4 is 5.32 Å². The van der Waals surface area contributed by atoms with Gasteiger partial charge in [-0.05, 0) is 43.7 Å². The van der Waals surface area contributed by atoms with Gasteiger partial charge in [-0.25, -0.2) is 0 Å². The Balaban J connectivity index is 2.42. The highest BCUT2D eigenvalue weighted by Gasteiger charge is 2.20. The molecule has 0 radical (unpaired) electrons. The number of benzene rings is 1. The Morgan fingerprint density at radius 3 is 2.09 bits per heavy atom. The summed E-state index contributed by atoms with van der Waals surface area (Å²) in [6, 6.07) is 7.99. The minimum atomic E-state index is -0.895. The monoisotopic (exact) mass is 305 g/mol. The SMILES string of the molecule is CC(C)Cc1ccc(CCC(=O)NC(C)C(C)C(=O)O)cc1. The van der Waals surface area contributed by atoms with Gasteiger partial charge in [-0.3, -0.25) is 9.59 Å². The van der Waals surface area contributed by atoms with E-state index < -0.39 is 11.9 Å². The molecule has 2 unspecified atom stereocenters. The number of aryl methyl sites for hydroxylation is 1. The van der Waals surface area contributed by atoms with Crippen molar-refractivity contribution in [3.63, 3.8) is 0 Å². The molecular formula is C18H27NO3. The third-order valence-electron chi connectivity index (χ3n) is 3.84. The van der Waals surface area contributed by atoms with E-state index in [9.17, 15) is 9.59 Å². The van der Waals surface area contributed by atoms with E-state index in [1.807, 2.05) is 0 Å². The van der Waals surface area contributed by atoms with Gasteiger partial charge in [-0.2, -0.15) is 0 Å². The maximum Gasteiger partial charge on any atom is 0.308 e. The summed E-state index contributed by atoms with van der Waals surface area (Å²) in [5, 5.41) is 11.7. The largest absolute Gasteiger partial charge is 0.481 e. The first-order valence-corrected chi connectivity index (χ1v) is 7.89. The zero-order chi connectivity index (χ0) is 16.7. The lowest BCUT2D eigenvalue weighted by atomic mass is 10.00. The van der Waals surface area contributed by atoms with Gasteiger partial charge in [-0.15, -0.1) is 0 Å². The van der Waals surface area contributed by atoms with Crippen LogP contribution in [-0.2, 0) is 22.4 Å². The zero-order valence-corrected chi connectivity index (χ0v) is 13.9. The number of amides is 1. The Bertz CT molecular complexity index is 494. The maximum absolute atomic E-state index is 11.9. The van der Waals surface area contributed by atoms with Crippen LogP contribution >= 0.6 is 0 Å². The molecule has 0 heterocycles. The summed E-state index contributed by atoms with van der Waals surface area (Å²) in [5.74, 6) is -0.950. The van der Waals surface area contributed by atoms with Gasteiger partial charge in [-0.1, -0.05) is 38.1 Å². The van der Waals surface area contributed by atoms with Crippen LogP contribution in [0.3, 0.4) is 0 Å². The first-order valence-electron chi connectivity index (χ1n) is 7.89. The van der Waals surface area contributed by atoms with E-state index in [1.165, 1.54) is 5.56 Å². The van der Waals surface area contributed by atoms with Gasteiger partial charge in [0, 0.05) is 12.5 Å². The van der Waals surface area contributed by atoms with E-state index in [-0.39, 0.29) is 11.9 Å². The van der Waals surface area contributed by atoms with Crippen molar-refractivity contribution in [1.29, 1.82) is 0 Å². The fourth-order valence-electron chi connectivity index (χ4n) is 2.24. The molecule has 2 N–H and O–H groups in total. The van der Waals surface area contributed by atoms with Crippen molar-refractivity contribution in [2.45, 2.75) is 53.0 Å². The van der Waals surface area contributed by atoms with Crippen LogP contribution in [0.5, 0.6) is 0 Å². The summed E-state index contributed by atoms with van der Waals surface area (Å²) in [5.41, 5.74) is 2.44. The third-order valence-corrected chi connectivity index (χ3v) is 3.84. The van der Waals surface area contributed by atoms with Crippen LogP contribution in [0.15, 0.2) is 24.3 Å². The normalized spacial score (nSPS) is 13.7. The summed E-state index contributed by atoms with van der Waals surface area (Å²) in [6.07, 6.45) is 2.10. The fraction of sp³-hybridized carbons (Fsp3) is 0.556. The molecule has 0 aliphatic rings. The van der Waals surface area contributed by atoms with Crippen molar-refractivity contribution in [3.05, 3.63) is 35.4 Å². The third kappa shape index (κ3) is 6.29. The van der Waals surface area contributed by atoms with Gasteiger partial charge in [0.2, 0.25) is 5.91 Å². The molecule has 1 rings (SSSR count). The lowest BCUT2D eigenvalue weighted by Crippen LogP contribution is -2.40. The number of nitrogens with one attached hydrogen (secondary N) is 1. The molecule has 0 fully saturated rings. The summed E-state index contributed by atoms with van der Waals surface area (Å²) in [7, 11) is 0. The van der Waals surface area contributed by atoms with Crippen molar-refractivity contribution in [3.8, 4) is 0 Å². The second-order valence-electron chi connectivity index (χ2n) is 6.40. The molecule has 0 aliphatic carbocycles. The summed E-state index contributed by atoms with van der Waals surface area (Å²) < 4.78 is 0. The molecule has 0 saturated carbocycles. The average molecular weight is 305 g/mol. The summed E-state index contributed by atoms with van der Waals surface area (Å²) in [6.45, 7) is 7.70. The first-order chi connectivity index (χ1) is 10.3. The lowest BCUT2D eigenvalue weighted by molar-refractivity contribution is -0.142. The molecule has 0 saturated heterocycles. The predicted octanol–water partition coefficient (Wildman–Crippen LogP) is 3.04. The average Bonchev–Trinajstić information content (AvgIpc) is 2.45. The minimum Gasteiger partial charge on any atom is -0.481 e. The minimum absolute atomic E-state index is 0.105. The van der Waals surface area contributed by atoms with Gasteiger partial charge in [0.1, 0.15) is 0 Å². The van der Waals surface area contributed by atoms with Gasteiger partial charge in [0.05, 0.1) is 5.92 Å². The smallest absolute Gasteiger partial charge is 0.308 e. The van der Waals surface area contributed by atoms with Crippen LogP contribution in [-0.4, -0.2) is 23.0 Å². The van der Waals surface area contributed by atoms with Crippen molar-refractivity contribution < 1.29 is 14.7 Å². The molecule has 0 aromatic heterocycles. The summed E-state index contributed by atoms with van der Waals surface area (Å²) in [4.78, 5) is 22.7. The topological polar surface area (TPSA) is 66.4 Å². The van der Waals surface area contributed by atoms with E-state index in [1.54, 1.807) is 13.8 Å². The van der Waals surface area contributed by atoms with Crippen LogP contribution in [0, 0.1) is 11.8 Å². The highest BCUT2D eigenvalue weighted by Crippen LogP contribution is 2.11. The highest BCUT2D eigenvalue weighted by atomic mass is 16.4. The van der Waals surface area contributed by atoms with Crippen molar-refractivity contribution in [1.82, 2.24) is 5.32 Å². The van der Waals surface area contributed by atoms with Crippen LogP contribution in [0.4, 0.5) is 0 Å². The zero-order valence-electron chi connectivity index (χ0n) is 13.9. The molecular weight excluding hydrogens is 278 g/mol. The fourth-order valence-corrected chi connectivity index (χ4v) is 2.24. The second-order valence-corrected chi connectivity index (χ2v) is 6.40. The number of aliphatic carboxylic acids is 1. The Morgan fingerprint density at radius 2 is 1.59 bits per heavy atom. The molecule has 0 bridgehead atoms. The van der Waals surface area contributed by atoms with Gasteiger partial charge < -0.3 is 10.4 Å². The first kappa shape index (κ1) is 18.2. The molecule has 122 valence electrons. The maximum atomic E-state index is 11.9. The summed E-state index contributed by atoms with van der Waals surface area (Å²) >= 11 is 0. The van der Waals surface area contributed by atoms with E-state index >= 15 is 0 Å². The number of rotatable bonds is 8. The van der Waals surface area contributed by atoms with Gasteiger partial charge >= 0.3 is 5.97 Å². The predicted molar refractivity (Wildman–Crippen MR) is 87.7 cm³/mol. The number of hydrogen-bond acceptors (Lipinski definition) is 2. The molecule has 0 spiro atoms. The molecule has 2 atom stereocenters. The number of carbonyl (C=O) groups is 2. The van der Waals surface area contributed by atoms with Crippen LogP contribution in [0.2, 0.25) is 0 Å². The molecule has 0 aliphatic heterocycles. The number of carbonyl (C=O) groups excluding carboxylic acids is 1. The quantitative estimate of drug-likeness (QED) is 0.776. The van der Waals surface area contributed by atoms with Crippen molar-refractivity contribution >= 4 is 11.9 Å². The molecule has 1 amide bonds. The van der Waals surface area contributed by atoms with E-state index in [0.717, 1.165) is 12.0 Å². The molecule has 4 nitrogen and oxygen atoms in total. The lowest BCUT2D eigenvalue weighted by Gasteiger charge is -2.17. The number of hydrogen-bond donors (Lipinski definition) is 2. The second kappa shape index (κ2) is 8.57. The Labute approximate surface area is 132 Å². The van der Waals surface area contributed by atoms with E-state index in [2.05, 4.69) is 43.4 Å². The van der Waals surface area contributed by atoms with Crippen LogP contribution in [0.1, 0.15) is 45.2 Å². The Hall–Kier alpha value is -1.84. The Morgan fingerprint density at radius 1 is 1.05 bits per heavy atom. The Kier molecular flexibility index (Phi) is 7.09. The molecule has 22 heavy (non-hydrogen) atoms. The standard InChI is InChI=1S/C18H27NO3/c1-12(2)11-16-7-5-15(6-8-16)9-10-17(20)19-14(4)13(3)18(21)22/h5-8,12-14H,9-11H2,1-4H3,(H,19,20)(H,21,22). The van der Waals surface area contributed by atoms with Crippen LogP contribution in [0.25, 0.3) is 0 Å². The number of carboxylic acids is 1. The molecule has 1 aromatic carbocycles. The van der Waals surface area contributed by atoms with Gasteiger partial charge in [0.15, 0.2) is 0 Å². The van der Waals surface area contributed by atoms with E-state index in [0.29, 0.717) is 18.8 Å². The number of carboxylic acid groups (broad SMARTS) is 1. The van der Waals surface area contributed by atoms with Gasteiger partial charge in [0.25, 0.3) is 0 Å². The van der Waals surface area contributed by atoms with Crippen molar-refractivity contribution in [2.24, 2.45) is 11.8 Å². The highest BCUT2D eigenvalue weighted by molar-refractivity contribution is 5.78. The van der Waals surface area contributed by atoms with E-state index in [4.69, 9.17) is 5.11 Å². The molecule has 1 aromatic rings.